The summed E-state index contributed by atoms with van der Waals surface area (Å²) in [6.07, 6.45) is 0.930. The van der Waals surface area contributed by atoms with Gasteiger partial charge in [0, 0.05) is 12.2 Å². The minimum atomic E-state index is -0.521. The van der Waals surface area contributed by atoms with Crippen LogP contribution in [0.25, 0.3) is 0 Å². The lowest BCUT2D eigenvalue weighted by molar-refractivity contribution is 0.379. The molecule has 0 aliphatic carbocycles. The summed E-state index contributed by atoms with van der Waals surface area (Å²) >= 11 is 5.64. The standard InChI is InChI=1S/C13H15ClFN5O/c1-3-6-16-11-18-12(20-13(19-11)21-2)17-8-4-5-9(14)10(15)7-8/h4-5,7H,3,6H2,1-2H3,(H2,16,17,18,19,20). The number of benzene rings is 1. The van der Waals surface area contributed by atoms with Gasteiger partial charge in [-0.25, -0.2) is 4.39 Å². The maximum absolute atomic E-state index is 13.4. The largest absolute Gasteiger partial charge is 0.467 e. The molecule has 0 spiro atoms. The summed E-state index contributed by atoms with van der Waals surface area (Å²) in [7, 11) is 1.46. The average Bonchev–Trinajstić information content (AvgIpc) is 2.48. The van der Waals surface area contributed by atoms with E-state index in [0.29, 0.717) is 11.6 Å². The molecule has 0 unspecified atom stereocenters. The fourth-order valence-electron chi connectivity index (χ4n) is 1.52. The van der Waals surface area contributed by atoms with E-state index in [1.807, 2.05) is 6.92 Å². The first-order valence-electron chi connectivity index (χ1n) is 6.38. The zero-order chi connectivity index (χ0) is 15.2. The van der Waals surface area contributed by atoms with Gasteiger partial charge in [-0.05, 0) is 24.6 Å². The Morgan fingerprint density at radius 1 is 1.24 bits per heavy atom. The molecule has 1 aromatic carbocycles. The van der Waals surface area contributed by atoms with Crippen LogP contribution >= 0.6 is 11.6 Å². The summed E-state index contributed by atoms with van der Waals surface area (Å²) in [5.41, 5.74) is 0.478. The Morgan fingerprint density at radius 2 is 2.00 bits per heavy atom. The lowest BCUT2D eigenvalue weighted by Crippen LogP contribution is -2.09. The van der Waals surface area contributed by atoms with Crippen molar-refractivity contribution >= 4 is 29.2 Å². The predicted octanol–water partition coefficient (Wildman–Crippen LogP) is 3.24. The minimum absolute atomic E-state index is 0.0547. The Balaban J connectivity index is 2.23. The Bertz CT molecular complexity index is 626. The van der Waals surface area contributed by atoms with Crippen molar-refractivity contribution in [2.45, 2.75) is 13.3 Å². The van der Waals surface area contributed by atoms with E-state index in [0.717, 1.165) is 13.0 Å². The number of anilines is 3. The Labute approximate surface area is 126 Å². The molecule has 112 valence electrons. The van der Waals surface area contributed by atoms with Gasteiger partial charge in [0.15, 0.2) is 0 Å². The monoisotopic (exact) mass is 311 g/mol. The highest BCUT2D eigenvalue weighted by Gasteiger charge is 2.08. The zero-order valence-corrected chi connectivity index (χ0v) is 12.4. The number of methoxy groups -OCH3 is 1. The third kappa shape index (κ3) is 4.16. The molecule has 0 amide bonds. The van der Waals surface area contributed by atoms with Gasteiger partial charge in [0.25, 0.3) is 0 Å². The van der Waals surface area contributed by atoms with Gasteiger partial charge in [-0.1, -0.05) is 18.5 Å². The molecular weight excluding hydrogens is 297 g/mol. The first-order chi connectivity index (χ1) is 10.1. The number of rotatable bonds is 6. The molecule has 2 rings (SSSR count). The number of nitrogens with one attached hydrogen (secondary N) is 2. The third-order valence-corrected chi connectivity index (χ3v) is 2.81. The topological polar surface area (TPSA) is 72.0 Å². The van der Waals surface area contributed by atoms with Crippen LogP contribution in [0.5, 0.6) is 6.01 Å². The third-order valence-electron chi connectivity index (χ3n) is 2.51. The van der Waals surface area contributed by atoms with Crippen LogP contribution in [-0.4, -0.2) is 28.6 Å². The normalized spacial score (nSPS) is 10.3. The van der Waals surface area contributed by atoms with Crippen molar-refractivity contribution in [2.75, 3.05) is 24.3 Å². The van der Waals surface area contributed by atoms with Crippen molar-refractivity contribution in [2.24, 2.45) is 0 Å². The molecule has 2 N–H and O–H groups in total. The van der Waals surface area contributed by atoms with E-state index in [1.165, 1.54) is 19.2 Å². The Morgan fingerprint density at radius 3 is 2.67 bits per heavy atom. The van der Waals surface area contributed by atoms with Gasteiger partial charge in [0.05, 0.1) is 12.1 Å². The van der Waals surface area contributed by atoms with E-state index in [4.69, 9.17) is 16.3 Å². The van der Waals surface area contributed by atoms with Crippen LogP contribution in [0.4, 0.5) is 22.0 Å². The molecule has 1 aromatic heterocycles. The molecule has 0 radical (unpaired) electrons. The fourth-order valence-corrected chi connectivity index (χ4v) is 1.64. The first-order valence-corrected chi connectivity index (χ1v) is 6.76. The van der Waals surface area contributed by atoms with Crippen molar-refractivity contribution < 1.29 is 9.13 Å². The molecule has 0 bridgehead atoms. The molecule has 0 aliphatic rings. The van der Waals surface area contributed by atoms with E-state index in [1.54, 1.807) is 6.07 Å². The second-order valence-corrected chi connectivity index (χ2v) is 4.56. The maximum atomic E-state index is 13.4. The number of hydrogen-bond acceptors (Lipinski definition) is 6. The van der Waals surface area contributed by atoms with Crippen molar-refractivity contribution in [1.29, 1.82) is 0 Å². The van der Waals surface area contributed by atoms with Crippen molar-refractivity contribution in [3.05, 3.63) is 29.0 Å². The molecule has 2 aromatic rings. The molecule has 0 aliphatic heterocycles. The lowest BCUT2D eigenvalue weighted by Gasteiger charge is -2.09. The molecule has 8 heteroatoms. The maximum Gasteiger partial charge on any atom is 0.322 e. The van der Waals surface area contributed by atoms with Crippen LogP contribution in [0.3, 0.4) is 0 Å². The van der Waals surface area contributed by atoms with Crippen LogP contribution in [0.15, 0.2) is 18.2 Å². The van der Waals surface area contributed by atoms with E-state index in [9.17, 15) is 4.39 Å². The molecule has 1 heterocycles. The van der Waals surface area contributed by atoms with E-state index >= 15 is 0 Å². The minimum Gasteiger partial charge on any atom is -0.467 e. The smallest absolute Gasteiger partial charge is 0.322 e. The van der Waals surface area contributed by atoms with Gasteiger partial charge in [-0.15, -0.1) is 0 Å². The van der Waals surface area contributed by atoms with Crippen molar-refractivity contribution in [3.8, 4) is 6.01 Å². The highest BCUT2D eigenvalue weighted by atomic mass is 35.5. The molecule has 0 atom stereocenters. The summed E-state index contributed by atoms with van der Waals surface area (Å²) in [6, 6.07) is 4.51. The number of ether oxygens (including phenoxy) is 1. The number of hydrogen-bond donors (Lipinski definition) is 2. The second-order valence-electron chi connectivity index (χ2n) is 4.15. The van der Waals surface area contributed by atoms with Gasteiger partial charge in [-0.3, -0.25) is 0 Å². The lowest BCUT2D eigenvalue weighted by atomic mass is 10.3. The summed E-state index contributed by atoms with van der Waals surface area (Å²) in [4.78, 5) is 12.3. The van der Waals surface area contributed by atoms with E-state index in [2.05, 4.69) is 25.6 Å². The zero-order valence-electron chi connectivity index (χ0n) is 11.7. The SMILES string of the molecule is CCCNc1nc(Nc2ccc(Cl)c(F)c2)nc(OC)n1. The van der Waals surface area contributed by atoms with Crippen molar-refractivity contribution in [1.82, 2.24) is 15.0 Å². The quantitative estimate of drug-likeness (QED) is 0.853. The average molecular weight is 312 g/mol. The summed E-state index contributed by atoms with van der Waals surface area (Å²) in [5, 5.41) is 5.98. The number of aromatic nitrogens is 3. The predicted molar refractivity (Wildman–Crippen MR) is 79.9 cm³/mol. The van der Waals surface area contributed by atoms with Gasteiger partial charge in [0.1, 0.15) is 5.82 Å². The highest BCUT2D eigenvalue weighted by Crippen LogP contribution is 2.21. The van der Waals surface area contributed by atoms with Crippen LogP contribution in [0.2, 0.25) is 5.02 Å². The molecule has 0 saturated carbocycles. The molecule has 6 nitrogen and oxygen atoms in total. The van der Waals surface area contributed by atoms with E-state index in [-0.39, 0.29) is 17.0 Å². The molecule has 0 saturated heterocycles. The van der Waals surface area contributed by atoms with Crippen LogP contribution < -0.4 is 15.4 Å². The highest BCUT2D eigenvalue weighted by molar-refractivity contribution is 6.30. The Hall–Kier alpha value is -2.15. The second kappa shape index (κ2) is 7.03. The van der Waals surface area contributed by atoms with Crippen LogP contribution in [-0.2, 0) is 0 Å². The van der Waals surface area contributed by atoms with E-state index < -0.39 is 5.82 Å². The van der Waals surface area contributed by atoms with Gasteiger partial charge in [-0.2, -0.15) is 15.0 Å². The summed E-state index contributed by atoms with van der Waals surface area (Å²) in [5.74, 6) is 0.120. The fraction of sp³-hybridized carbons (Fsp3) is 0.308. The summed E-state index contributed by atoms with van der Waals surface area (Å²) in [6.45, 7) is 2.75. The van der Waals surface area contributed by atoms with Gasteiger partial charge in [0.2, 0.25) is 11.9 Å². The van der Waals surface area contributed by atoms with Gasteiger partial charge >= 0.3 is 6.01 Å². The first kappa shape index (κ1) is 15.2. The van der Waals surface area contributed by atoms with Crippen LogP contribution in [0.1, 0.15) is 13.3 Å². The number of halogens is 2. The number of nitrogens with zero attached hydrogens (tertiary/aromatic N) is 3. The molecular formula is C13H15ClFN5O. The van der Waals surface area contributed by atoms with Gasteiger partial charge < -0.3 is 15.4 Å². The van der Waals surface area contributed by atoms with Crippen molar-refractivity contribution in [3.63, 3.8) is 0 Å². The summed E-state index contributed by atoms with van der Waals surface area (Å²) < 4.78 is 18.4. The molecule has 0 fully saturated rings. The van der Waals surface area contributed by atoms with Crippen LogP contribution in [0, 0.1) is 5.82 Å². The Kier molecular flexibility index (Phi) is 5.10. The molecule has 21 heavy (non-hydrogen) atoms.